The third kappa shape index (κ3) is 2.97. The van der Waals surface area contributed by atoms with Crippen molar-refractivity contribution in [1.29, 1.82) is 0 Å². The number of anilines is 1. The molecule has 4 nitrogen and oxygen atoms in total. The van der Waals surface area contributed by atoms with Gasteiger partial charge in [0.15, 0.2) is 5.13 Å². The molecule has 0 bridgehead atoms. The molecule has 1 saturated heterocycles. The summed E-state index contributed by atoms with van der Waals surface area (Å²) < 4.78 is 0. The van der Waals surface area contributed by atoms with Gasteiger partial charge in [-0.1, -0.05) is 30.6 Å². The maximum absolute atomic E-state index is 11.0. The fraction of sp³-hybridized carbons (Fsp3) is 0.667. The van der Waals surface area contributed by atoms with E-state index < -0.39 is 5.97 Å². The van der Waals surface area contributed by atoms with Crippen molar-refractivity contribution in [1.82, 2.24) is 4.98 Å². The highest BCUT2D eigenvalue weighted by molar-refractivity contribution is 7.17. The fourth-order valence-electron chi connectivity index (χ4n) is 2.15. The van der Waals surface area contributed by atoms with Crippen LogP contribution in [0.5, 0.6) is 0 Å². The van der Waals surface area contributed by atoms with E-state index in [9.17, 15) is 4.79 Å². The van der Waals surface area contributed by atoms with E-state index >= 15 is 0 Å². The lowest BCUT2D eigenvalue weighted by atomic mass is 10.1. The van der Waals surface area contributed by atoms with Crippen molar-refractivity contribution >= 4 is 22.4 Å². The first-order valence-corrected chi connectivity index (χ1v) is 6.96. The van der Waals surface area contributed by atoms with Gasteiger partial charge in [-0.2, -0.15) is 0 Å². The van der Waals surface area contributed by atoms with Crippen LogP contribution in [0, 0.1) is 6.92 Å². The van der Waals surface area contributed by atoms with Crippen molar-refractivity contribution in [3.8, 4) is 0 Å². The molecule has 0 unspecified atom stereocenters. The van der Waals surface area contributed by atoms with Gasteiger partial charge in [0.05, 0.1) is 5.69 Å². The number of aromatic carboxylic acids is 1. The van der Waals surface area contributed by atoms with Crippen LogP contribution < -0.4 is 4.90 Å². The number of rotatable bonds is 2. The smallest absolute Gasteiger partial charge is 0.347 e. The predicted molar refractivity (Wildman–Crippen MR) is 69.1 cm³/mol. The van der Waals surface area contributed by atoms with Crippen LogP contribution in [-0.2, 0) is 0 Å². The van der Waals surface area contributed by atoms with Gasteiger partial charge in [0.25, 0.3) is 0 Å². The number of hydrogen-bond acceptors (Lipinski definition) is 4. The van der Waals surface area contributed by atoms with Crippen LogP contribution in [0.2, 0.25) is 0 Å². The number of hydrogen-bond donors (Lipinski definition) is 1. The summed E-state index contributed by atoms with van der Waals surface area (Å²) in [5.41, 5.74) is 0.638. The SMILES string of the molecule is Cc1nc(N2CCCCCCC2)sc1C(=O)O. The summed E-state index contributed by atoms with van der Waals surface area (Å²) in [5.74, 6) is -0.863. The molecule has 0 atom stereocenters. The van der Waals surface area contributed by atoms with Crippen LogP contribution in [0.4, 0.5) is 5.13 Å². The number of carboxylic acids is 1. The van der Waals surface area contributed by atoms with Crippen molar-refractivity contribution in [3.05, 3.63) is 10.6 Å². The van der Waals surface area contributed by atoms with Crippen LogP contribution in [0.3, 0.4) is 0 Å². The normalized spacial score (nSPS) is 17.6. The first-order chi connectivity index (χ1) is 8.18. The summed E-state index contributed by atoms with van der Waals surface area (Å²) in [6.07, 6.45) is 6.23. The molecule has 5 heteroatoms. The molecule has 94 valence electrons. The van der Waals surface area contributed by atoms with Crippen molar-refractivity contribution < 1.29 is 9.90 Å². The Bertz CT molecular complexity index is 395. The van der Waals surface area contributed by atoms with E-state index in [0.29, 0.717) is 10.6 Å². The molecule has 1 aromatic heterocycles. The monoisotopic (exact) mass is 254 g/mol. The average Bonchev–Trinajstić information content (AvgIpc) is 2.59. The van der Waals surface area contributed by atoms with Gasteiger partial charge < -0.3 is 10.0 Å². The Balaban J connectivity index is 2.14. The zero-order valence-electron chi connectivity index (χ0n) is 10.1. The Kier molecular flexibility index (Phi) is 3.99. The highest BCUT2D eigenvalue weighted by Crippen LogP contribution is 2.27. The lowest BCUT2D eigenvalue weighted by Crippen LogP contribution is -2.26. The Labute approximate surface area is 105 Å². The van der Waals surface area contributed by atoms with Crippen LogP contribution in [-0.4, -0.2) is 29.1 Å². The summed E-state index contributed by atoms with van der Waals surface area (Å²) >= 11 is 1.31. The predicted octanol–water partition coefficient (Wildman–Crippen LogP) is 2.92. The summed E-state index contributed by atoms with van der Waals surface area (Å²) in [6.45, 7) is 3.78. The number of nitrogens with zero attached hydrogens (tertiary/aromatic N) is 2. The molecular weight excluding hydrogens is 236 g/mol. The average molecular weight is 254 g/mol. The molecule has 1 aliphatic heterocycles. The van der Waals surface area contributed by atoms with E-state index in [2.05, 4.69) is 9.88 Å². The zero-order valence-corrected chi connectivity index (χ0v) is 10.9. The second kappa shape index (κ2) is 5.49. The molecule has 0 spiro atoms. The highest BCUT2D eigenvalue weighted by atomic mass is 32.1. The molecule has 2 heterocycles. The lowest BCUT2D eigenvalue weighted by molar-refractivity contribution is 0.0701. The Morgan fingerprint density at radius 3 is 2.35 bits per heavy atom. The molecule has 1 aliphatic rings. The van der Waals surface area contributed by atoms with Gasteiger partial charge in [-0.05, 0) is 19.8 Å². The van der Waals surface area contributed by atoms with Crippen LogP contribution >= 0.6 is 11.3 Å². The number of carboxylic acid groups (broad SMARTS) is 1. The van der Waals surface area contributed by atoms with E-state index in [1.54, 1.807) is 6.92 Å². The van der Waals surface area contributed by atoms with Crippen molar-refractivity contribution in [3.63, 3.8) is 0 Å². The molecule has 17 heavy (non-hydrogen) atoms. The minimum absolute atomic E-state index is 0.377. The summed E-state index contributed by atoms with van der Waals surface area (Å²) in [6, 6.07) is 0. The first-order valence-electron chi connectivity index (χ1n) is 6.14. The minimum atomic E-state index is -0.863. The molecule has 2 rings (SSSR count). The molecule has 1 fully saturated rings. The topological polar surface area (TPSA) is 53.4 Å². The van der Waals surface area contributed by atoms with Gasteiger partial charge in [0.2, 0.25) is 0 Å². The summed E-state index contributed by atoms with van der Waals surface area (Å²) in [7, 11) is 0. The minimum Gasteiger partial charge on any atom is -0.477 e. The molecule has 1 aromatic rings. The second-order valence-corrected chi connectivity index (χ2v) is 5.45. The lowest BCUT2D eigenvalue weighted by Gasteiger charge is -2.23. The van der Waals surface area contributed by atoms with Crippen LogP contribution in [0.25, 0.3) is 0 Å². The van der Waals surface area contributed by atoms with Crippen molar-refractivity contribution in [2.75, 3.05) is 18.0 Å². The molecule has 1 N–H and O–H groups in total. The van der Waals surface area contributed by atoms with E-state index in [1.807, 2.05) is 0 Å². The molecule has 0 radical (unpaired) electrons. The second-order valence-electron chi connectivity index (χ2n) is 4.47. The van der Waals surface area contributed by atoms with Gasteiger partial charge in [-0.25, -0.2) is 9.78 Å². The van der Waals surface area contributed by atoms with Gasteiger partial charge >= 0.3 is 5.97 Å². The highest BCUT2D eigenvalue weighted by Gasteiger charge is 2.18. The maximum atomic E-state index is 11.0. The molecule has 0 saturated carbocycles. The molecule has 0 aromatic carbocycles. The summed E-state index contributed by atoms with van der Waals surface area (Å²) in [4.78, 5) is 18.0. The fourth-order valence-corrected chi connectivity index (χ4v) is 3.11. The van der Waals surface area contributed by atoms with Crippen molar-refractivity contribution in [2.24, 2.45) is 0 Å². The number of carbonyl (C=O) groups is 1. The van der Waals surface area contributed by atoms with Crippen LogP contribution in [0.15, 0.2) is 0 Å². The maximum Gasteiger partial charge on any atom is 0.347 e. The van der Waals surface area contributed by atoms with E-state index in [-0.39, 0.29) is 0 Å². The van der Waals surface area contributed by atoms with Crippen molar-refractivity contribution in [2.45, 2.75) is 39.0 Å². The Hall–Kier alpha value is -1.10. The largest absolute Gasteiger partial charge is 0.477 e. The molecule has 0 amide bonds. The van der Waals surface area contributed by atoms with E-state index in [1.165, 1.54) is 43.4 Å². The van der Waals surface area contributed by atoms with Crippen LogP contribution in [0.1, 0.15) is 47.5 Å². The van der Waals surface area contributed by atoms with E-state index in [0.717, 1.165) is 18.2 Å². The first kappa shape index (κ1) is 12.4. The number of aryl methyl sites for hydroxylation is 1. The third-order valence-corrected chi connectivity index (χ3v) is 4.31. The van der Waals surface area contributed by atoms with Gasteiger partial charge in [0, 0.05) is 13.1 Å². The zero-order chi connectivity index (χ0) is 12.3. The molecule has 0 aliphatic carbocycles. The number of thiazole rings is 1. The Morgan fingerprint density at radius 1 is 1.24 bits per heavy atom. The Morgan fingerprint density at radius 2 is 1.82 bits per heavy atom. The molecular formula is C12H18N2O2S. The van der Waals surface area contributed by atoms with Gasteiger partial charge in [0.1, 0.15) is 4.88 Å². The third-order valence-electron chi connectivity index (χ3n) is 3.11. The van der Waals surface area contributed by atoms with Gasteiger partial charge in [-0.3, -0.25) is 0 Å². The van der Waals surface area contributed by atoms with Gasteiger partial charge in [-0.15, -0.1) is 0 Å². The quantitative estimate of drug-likeness (QED) is 0.881. The standard InChI is InChI=1S/C12H18N2O2S/c1-9-10(11(15)16)17-12(13-9)14-7-5-3-2-4-6-8-14/h2-8H2,1H3,(H,15,16). The van der Waals surface area contributed by atoms with E-state index in [4.69, 9.17) is 5.11 Å². The number of aromatic nitrogens is 1. The summed E-state index contributed by atoms with van der Waals surface area (Å²) in [5, 5.41) is 9.91.